The number of hydrogen-bond acceptors (Lipinski definition) is 6. The van der Waals surface area contributed by atoms with Crippen LogP contribution in [0.25, 0.3) is 11.1 Å². The first-order valence-corrected chi connectivity index (χ1v) is 16.1. The Labute approximate surface area is 261 Å². The SMILES string of the molecule is CCOCC(COS(=O)(=O)c1ccc(Br)cc1)CC(Cc1ccc(-c2cc(Cl)ccc2F)cc1)NC(=O)OC(C)(C)C. The van der Waals surface area contributed by atoms with Crippen LogP contribution in [-0.2, 0) is 30.2 Å². The molecule has 0 aromatic heterocycles. The van der Waals surface area contributed by atoms with Crippen molar-refractivity contribution in [1.82, 2.24) is 5.32 Å². The van der Waals surface area contributed by atoms with Crippen molar-refractivity contribution in [3.8, 4) is 11.1 Å². The molecule has 228 valence electrons. The van der Waals surface area contributed by atoms with Crippen LogP contribution in [0.2, 0.25) is 5.02 Å². The third kappa shape index (κ3) is 11.0. The molecule has 0 heterocycles. The van der Waals surface area contributed by atoms with Gasteiger partial charge in [-0.25, -0.2) is 9.18 Å². The molecule has 0 aliphatic carbocycles. The molecule has 0 saturated heterocycles. The number of carbonyl (C=O) groups is 1. The second-order valence-electron chi connectivity index (χ2n) is 10.8. The number of amides is 1. The second kappa shape index (κ2) is 15.3. The number of nitrogens with one attached hydrogen (secondary N) is 1. The summed E-state index contributed by atoms with van der Waals surface area (Å²) in [5.41, 5.74) is 1.22. The Morgan fingerprint density at radius 3 is 2.31 bits per heavy atom. The van der Waals surface area contributed by atoms with Gasteiger partial charge in [0.1, 0.15) is 11.4 Å². The summed E-state index contributed by atoms with van der Waals surface area (Å²) in [4.78, 5) is 12.8. The molecule has 3 rings (SSSR count). The first kappa shape index (κ1) is 34.0. The van der Waals surface area contributed by atoms with Gasteiger partial charge in [0.05, 0.1) is 18.1 Å². The fraction of sp³-hybridized carbons (Fsp3) is 0.387. The van der Waals surface area contributed by atoms with Gasteiger partial charge < -0.3 is 14.8 Å². The fourth-order valence-corrected chi connectivity index (χ4v) is 5.63. The third-order valence-corrected chi connectivity index (χ3v) is 8.19. The van der Waals surface area contributed by atoms with E-state index in [-0.39, 0.29) is 29.8 Å². The van der Waals surface area contributed by atoms with Crippen LogP contribution in [0, 0.1) is 11.7 Å². The molecule has 0 spiro atoms. The van der Waals surface area contributed by atoms with Crippen LogP contribution in [-0.4, -0.2) is 46.0 Å². The molecule has 1 N–H and O–H groups in total. The van der Waals surface area contributed by atoms with Gasteiger partial charge in [-0.05, 0) is 94.1 Å². The lowest BCUT2D eigenvalue weighted by Crippen LogP contribution is -2.42. The third-order valence-electron chi connectivity index (χ3n) is 6.13. The molecule has 3 aromatic rings. The first-order valence-electron chi connectivity index (χ1n) is 13.5. The molecule has 2 unspecified atom stereocenters. The van der Waals surface area contributed by atoms with E-state index in [0.29, 0.717) is 35.6 Å². The summed E-state index contributed by atoms with van der Waals surface area (Å²) in [6, 6.07) is 17.4. The van der Waals surface area contributed by atoms with Crippen LogP contribution in [0.1, 0.15) is 39.7 Å². The van der Waals surface area contributed by atoms with Crippen molar-refractivity contribution >= 4 is 43.7 Å². The van der Waals surface area contributed by atoms with E-state index in [4.69, 9.17) is 25.3 Å². The Bertz CT molecular complexity index is 1430. The van der Waals surface area contributed by atoms with Crippen molar-refractivity contribution in [2.75, 3.05) is 19.8 Å². The summed E-state index contributed by atoms with van der Waals surface area (Å²) in [6.45, 7) is 7.68. The Balaban J connectivity index is 1.79. The summed E-state index contributed by atoms with van der Waals surface area (Å²) in [7, 11) is -4.01. The maximum Gasteiger partial charge on any atom is 0.407 e. The van der Waals surface area contributed by atoms with E-state index >= 15 is 0 Å². The molecule has 0 saturated carbocycles. The zero-order chi connectivity index (χ0) is 30.9. The first-order chi connectivity index (χ1) is 19.8. The molecular weight excluding hydrogens is 649 g/mol. The number of carbonyl (C=O) groups excluding carboxylic acids is 1. The maximum atomic E-state index is 14.4. The van der Waals surface area contributed by atoms with E-state index in [1.165, 1.54) is 24.3 Å². The van der Waals surface area contributed by atoms with Crippen LogP contribution in [0.5, 0.6) is 0 Å². The van der Waals surface area contributed by atoms with E-state index in [1.54, 1.807) is 51.1 Å². The molecular formula is C31H36BrClFNO6S. The van der Waals surface area contributed by atoms with Crippen molar-refractivity contribution in [2.45, 2.75) is 57.1 Å². The number of rotatable bonds is 13. The summed E-state index contributed by atoms with van der Waals surface area (Å²) in [5, 5.41) is 3.35. The number of hydrogen-bond donors (Lipinski definition) is 1. The number of alkyl carbamates (subject to hydrolysis) is 1. The lowest BCUT2D eigenvalue weighted by molar-refractivity contribution is 0.0465. The molecule has 7 nitrogen and oxygen atoms in total. The quantitative estimate of drug-likeness (QED) is 0.185. The highest BCUT2D eigenvalue weighted by molar-refractivity contribution is 9.10. The Morgan fingerprint density at radius 2 is 1.69 bits per heavy atom. The van der Waals surface area contributed by atoms with Gasteiger partial charge in [-0.3, -0.25) is 4.18 Å². The smallest absolute Gasteiger partial charge is 0.407 e. The van der Waals surface area contributed by atoms with Crippen molar-refractivity contribution in [3.63, 3.8) is 0 Å². The Kier molecular flexibility index (Phi) is 12.4. The highest BCUT2D eigenvalue weighted by atomic mass is 79.9. The molecule has 42 heavy (non-hydrogen) atoms. The fourth-order valence-electron chi connectivity index (χ4n) is 4.22. The minimum Gasteiger partial charge on any atom is -0.444 e. The number of ether oxygens (including phenoxy) is 2. The summed E-state index contributed by atoms with van der Waals surface area (Å²) < 4.78 is 57.3. The zero-order valence-corrected chi connectivity index (χ0v) is 27.2. The van der Waals surface area contributed by atoms with Crippen molar-refractivity contribution in [2.24, 2.45) is 5.92 Å². The van der Waals surface area contributed by atoms with Crippen LogP contribution in [0.4, 0.5) is 9.18 Å². The van der Waals surface area contributed by atoms with Crippen molar-refractivity contribution in [1.29, 1.82) is 0 Å². The zero-order valence-electron chi connectivity index (χ0n) is 24.0. The molecule has 2 atom stereocenters. The van der Waals surface area contributed by atoms with Gasteiger partial charge in [0.2, 0.25) is 0 Å². The van der Waals surface area contributed by atoms with Gasteiger partial charge in [-0.1, -0.05) is 51.8 Å². The number of benzene rings is 3. The van der Waals surface area contributed by atoms with Gasteiger partial charge >= 0.3 is 6.09 Å². The summed E-state index contributed by atoms with van der Waals surface area (Å²) in [6.07, 6.45) is 0.156. The van der Waals surface area contributed by atoms with Gasteiger partial charge in [-0.15, -0.1) is 0 Å². The predicted molar refractivity (Wildman–Crippen MR) is 166 cm³/mol. The van der Waals surface area contributed by atoms with E-state index in [1.807, 2.05) is 19.1 Å². The molecule has 3 aromatic carbocycles. The Morgan fingerprint density at radius 1 is 1.02 bits per heavy atom. The topological polar surface area (TPSA) is 90.9 Å². The van der Waals surface area contributed by atoms with E-state index < -0.39 is 27.9 Å². The van der Waals surface area contributed by atoms with Crippen molar-refractivity contribution < 1.29 is 31.3 Å². The predicted octanol–water partition coefficient (Wildman–Crippen LogP) is 7.79. The highest BCUT2D eigenvalue weighted by Gasteiger charge is 2.25. The summed E-state index contributed by atoms with van der Waals surface area (Å²) >= 11 is 9.36. The van der Waals surface area contributed by atoms with Gasteiger partial charge in [0.15, 0.2) is 0 Å². The lowest BCUT2D eigenvalue weighted by atomic mass is 9.94. The minimum atomic E-state index is -4.01. The van der Waals surface area contributed by atoms with E-state index in [2.05, 4.69) is 21.2 Å². The number of halogens is 3. The van der Waals surface area contributed by atoms with E-state index in [9.17, 15) is 17.6 Å². The van der Waals surface area contributed by atoms with Gasteiger partial charge in [0, 0.05) is 33.6 Å². The van der Waals surface area contributed by atoms with Gasteiger partial charge in [-0.2, -0.15) is 8.42 Å². The maximum absolute atomic E-state index is 14.4. The molecule has 1 amide bonds. The largest absolute Gasteiger partial charge is 0.444 e. The molecule has 0 fully saturated rings. The molecule has 0 aliphatic heterocycles. The molecule has 11 heteroatoms. The standard InChI is InChI=1S/C31H36BrClFNO6S/c1-5-39-19-22(20-40-42(37,38)27-13-10-24(32)11-14-27)17-26(35-30(36)41-31(2,3)4)16-21-6-8-23(9-7-21)28-18-25(33)12-15-29(28)34/h6-15,18,22,26H,5,16-17,19-20H2,1-4H3,(H,35,36). The average molecular weight is 685 g/mol. The van der Waals surface area contributed by atoms with Crippen LogP contribution in [0.15, 0.2) is 76.1 Å². The average Bonchev–Trinajstić information content (AvgIpc) is 2.91. The normalized spacial score (nSPS) is 13.4. The molecule has 0 aliphatic rings. The van der Waals surface area contributed by atoms with Crippen LogP contribution >= 0.6 is 27.5 Å². The van der Waals surface area contributed by atoms with Crippen LogP contribution < -0.4 is 5.32 Å². The Hall–Kier alpha value is -2.50. The monoisotopic (exact) mass is 683 g/mol. The summed E-state index contributed by atoms with van der Waals surface area (Å²) in [5.74, 6) is -0.747. The lowest BCUT2D eigenvalue weighted by Gasteiger charge is -2.27. The minimum absolute atomic E-state index is 0.0421. The van der Waals surface area contributed by atoms with Gasteiger partial charge in [0.25, 0.3) is 10.1 Å². The molecule has 0 radical (unpaired) electrons. The molecule has 0 bridgehead atoms. The van der Waals surface area contributed by atoms with Crippen LogP contribution in [0.3, 0.4) is 0 Å². The second-order valence-corrected chi connectivity index (χ2v) is 13.8. The van der Waals surface area contributed by atoms with Crippen molar-refractivity contribution in [3.05, 3.63) is 87.6 Å². The van der Waals surface area contributed by atoms with E-state index in [0.717, 1.165) is 10.0 Å². The highest BCUT2D eigenvalue weighted by Crippen LogP contribution is 2.27.